The van der Waals surface area contributed by atoms with Gasteiger partial charge in [0.15, 0.2) is 0 Å². The van der Waals surface area contributed by atoms with Crippen LogP contribution in [0.3, 0.4) is 0 Å². The van der Waals surface area contributed by atoms with Gasteiger partial charge in [0.05, 0.1) is 0 Å². The lowest BCUT2D eigenvalue weighted by Gasteiger charge is -2.28. The van der Waals surface area contributed by atoms with Crippen molar-refractivity contribution in [2.24, 2.45) is 0 Å². The van der Waals surface area contributed by atoms with Gasteiger partial charge >= 0.3 is 12.0 Å². The summed E-state index contributed by atoms with van der Waals surface area (Å²) in [5.41, 5.74) is 2.22. The monoisotopic (exact) mass is 413 g/mol. The Morgan fingerprint density at radius 3 is 2.60 bits per heavy atom. The van der Waals surface area contributed by atoms with Gasteiger partial charge in [-0.15, -0.1) is 0 Å². The normalized spacial score (nSPS) is 23.0. The van der Waals surface area contributed by atoms with E-state index < -0.39 is 18.1 Å². The van der Waals surface area contributed by atoms with Crippen molar-refractivity contribution in [2.45, 2.75) is 63.6 Å². The number of amides is 4. The highest BCUT2D eigenvalue weighted by Crippen LogP contribution is 2.30. The van der Waals surface area contributed by atoms with E-state index >= 15 is 0 Å². The molecule has 1 N–H and O–H groups in total. The van der Waals surface area contributed by atoms with E-state index in [9.17, 15) is 24.3 Å². The van der Waals surface area contributed by atoms with Crippen LogP contribution in [0.1, 0.15) is 49.7 Å². The van der Waals surface area contributed by atoms with Crippen molar-refractivity contribution in [1.82, 2.24) is 14.7 Å². The quantitative estimate of drug-likeness (QED) is 0.545. The number of aliphatic carboxylic acids is 1. The molecular weight excluding hydrogens is 386 g/mol. The summed E-state index contributed by atoms with van der Waals surface area (Å²) in [6.45, 7) is 1.33. The number of hydrogen-bond donors (Lipinski definition) is 1. The van der Waals surface area contributed by atoms with Crippen molar-refractivity contribution in [3.05, 3.63) is 35.4 Å². The zero-order valence-electron chi connectivity index (χ0n) is 17.0. The molecule has 2 atom stereocenters. The van der Waals surface area contributed by atoms with Crippen LogP contribution in [-0.4, -0.2) is 68.8 Å². The number of rotatable bonds is 7. The third-order valence-electron chi connectivity index (χ3n) is 6.41. The van der Waals surface area contributed by atoms with Crippen LogP contribution >= 0.6 is 0 Å². The van der Waals surface area contributed by atoms with Crippen LogP contribution in [-0.2, 0) is 27.3 Å². The van der Waals surface area contributed by atoms with Crippen LogP contribution in [0.2, 0.25) is 0 Å². The molecule has 1 aromatic carbocycles. The SMILES string of the molecule is O=C(O)[C@H]1CCCN1C(=O)CCCCCN1C(=O)[C@@H]2Cc3ccccc3CN2C1=O. The molecule has 0 saturated carbocycles. The first-order valence-electron chi connectivity index (χ1n) is 10.7. The molecule has 3 aliphatic rings. The average molecular weight is 413 g/mol. The fourth-order valence-corrected chi connectivity index (χ4v) is 4.77. The molecule has 160 valence electrons. The van der Waals surface area contributed by atoms with E-state index in [1.807, 2.05) is 24.3 Å². The zero-order valence-corrected chi connectivity index (χ0v) is 17.0. The van der Waals surface area contributed by atoms with Gasteiger partial charge in [-0.05, 0) is 36.8 Å². The third kappa shape index (κ3) is 3.78. The van der Waals surface area contributed by atoms with E-state index in [0.29, 0.717) is 58.2 Å². The molecule has 30 heavy (non-hydrogen) atoms. The first-order valence-corrected chi connectivity index (χ1v) is 10.7. The van der Waals surface area contributed by atoms with Gasteiger partial charge in [-0.3, -0.25) is 14.5 Å². The molecule has 3 aliphatic heterocycles. The van der Waals surface area contributed by atoms with Gasteiger partial charge in [-0.1, -0.05) is 30.7 Å². The Bertz CT molecular complexity index is 827. The number of urea groups is 1. The number of unbranched alkanes of at least 4 members (excludes halogenated alkanes) is 2. The molecule has 0 aliphatic carbocycles. The molecular formula is C22H27N3O5. The predicted octanol–water partition coefficient (Wildman–Crippen LogP) is 2.01. The maximum Gasteiger partial charge on any atom is 0.327 e. The van der Waals surface area contributed by atoms with E-state index in [4.69, 9.17) is 0 Å². The first-order chi connectivity index (χ1) is 14.5. The minimum Gasteiger partial charge on any atom is -0.480 e. The highest BCUT2D eigenvalue weighted by Gasteiger charge is 2.46. The Balaban J connectivity index is 1.23. The summed E-state index contributed by atoms with van der Waals surface area (Å²) in [4.78, 5) is 53.5. The second-order valence-corrected chi connectivity index (χ2v) is 8.28. The van der Waals surface area contributed by atoms with Gasteiger partial charge in [0.25, 0.3) is 5.91 Å². The van der Waals surface area contributed by atoms with Gasteiger partial charge in [-0.25, -0.2) is 9.59 Å². The van der Waals surface area contributed by atoms with Gasteiger partial charge in [-0.2, -0.15) is 0 Å². The molecule has 0 radical (unpaired) electrons. The summed E-state index contributed by atoms with van der Waals surface area (Å²) in [6.07, 6.45) is 4.07. The van der Waals surface area contributed by atoms with Crippen molar-refractivity contribution < 1.29 is 24.3 Å². The molecule has 2 fully saturated rings. The summed E-state index contributed by atoms with van der Waals surface area (Å²) in [6, 6.07) is 6.59. The van der Waals surface area contributed by atoms with Crippen molar-refractivity contribution in [2.75, 3.05) is 13.1 Å². The van der Waals surface area contributed by atoms with E-state index in [0.717, 1.165) is 17.5 Å². The number of carboxylic acid groups (broad SMARTS) is 1. The van der Waals surface area contributed by atoms with Crippen molar-refractivity contribution >= 4 is 23.8 Å². The van der Waals surface area contributed by atoms with E-state index in [2.05, 4.69) is 0 Å². The fraction of sp³-hybridized carbons (Fsp3) is 0.545. The Kier molecular flexibility index (Phi) is 5.74. The Morgan fingerprint density at radius 2 is 1.83 bits per heavy atom. The van der Waals surface area contributed by atoms with Crippen molar-refractivity contribution in [1.29, 1.82) is 0 Å². The molecule has 2 saturated heterocycles. The van der Waals surface area contributed by atoms with Crippen LogP contribution in [0.4, 0.5) is 4.79 Å². The minimum absolute atomic E-state index is 0.122. The lowest BCUT2D eigenvalue weighted by atomic mass is 9.95. The maximum absolute atomic E-state index is 12.8. The number of fused-ring (bicyclic) bond motifs is 2. The molecule has 4 rings (SSSR count). The van der Waals surface area contributed by atoms with E-state index in [-0.39, 0.29) is 17.8 Å². The summed E-state index contributed by atoms with van der Waals surface area (Å²) >= 11 is 0. The van der Waals surface area contributed by atoms with Crippen LogP contribution in [0.15, 0.2) is 24.3 Å². The Hall–Kier alpha value is -2.90. The number of hydrogen-bond acceptors (Lipinski definition) is 4. The largest absolute Gasteiger partial charge is 0.480 e. The molecule has 1 aromatic rings. The summed E-state index contributed by atoms with van der Waals surface area (Å²) in [5, 5.41) is 9.19. The zero-order chi connectivity index (χ0) is 21.3. The lowest BCUT2D eigenvalue weighted by molar-refractivity contribution is -0.148. The van der Waals surface area contributed by atoms with Crippen LogP contribution in [0.25, 0.3) is 0 Å². The lowest BCUT2D eigenvalue weighted by Crippen LogP contribution is -2.40. The maximum atomic E-state index is 12.8. The van der Waals surface area contributed by atoms with Gasteiger partial charge in [0.2, 0.25) is 5.91 Å². The molecule has 0 aromatic heterocycles. The molecule has 0 unspecified atom stereocenters. The number of benzene rings is 1. The second kappa shape index (κ2) is 8.45. The molecule has 4 amide bonds. The van der Waals surface area contributed by atoms with Crippen molar-refractivity contribution in [3.8, 4) is 0 Å². The molecule has 3 heterocycles. The van der Waals surface area contributed by atoms with Crippen LogP contribution in [0.5, 0.6) is 0 Å². The number of carbonyl (C=O) groups is 4. The minimum atomic E-state index is -0.939. The number of carboxylic acids is 1. The molecule has 0 bridgehead atoms. The Labute approximate surface area is 175 Å². The van der Waals surface area contributed by atoms with Crippen LogP contribution < -0.4 is 0 Å². The number of carbonyl (C=O) groups excluding carboxylic acids is 3. The fourth-order valence-electron chi connectivity index (χ4n) is 4.77. The summed E-state index contributed by atoms with van der Waals surface area (Å²) < 4.78 is 0. The first kappa shape index (κ1) is 20.4. The molecule has 8 heteroatoms. The number of nitrogens with zero attached hydrogens (tertiary/aromatic N) is 3. The summed E-state index contributed by atoms with van der Waals surface area (Å²) in [5.74, 6) is -1.19. The number of imide groups is 1. The Morgan fingerprint density at radius 1 is 1.07 bits per heavy atom. The second-order valence-electron chi connectivity index (χ2n) is 8.28. The van der Waals surface area contributed by atoms with E-state index in [1.165, 1.54) is 9.80 Å². The smallest absolute Gasteiger partial charge is 0.327 e. The molecule has 0 spiro atoms. The van der Waals surface area contributed by atoms with Gasteiger partial charge in [0.1, 0.15) is 12.1 Å². The van der Waals surface area contributed by atoms with Crippen molar-refractivity contribution in [3.63, 3.8) is 0 Å². The predicted molar refractivity (Wildman–Crippen MR) is 107 cm³/mol. The van der Waals surface area contributed by atoms with Gasteiger partial charge < -0.3 is 14.9 Å². The third-order valence-corrected chi connectivity index (χ3v) is 6.41. The summed E-state index contributed by atoms with van der Waals surface area (Å²) in [7, 11) is 0. The highest BCUT2D eigenvalue weighted by atomic mass is 16.4. The van der Waals surface area contributed by atoms with Crippen LogP contribution in [0, 0.1) is 0 Å². The molecule has 8 nitrogen and oxygen atoms in total. The standard InChI is InChI=1S/C22H27N3O5/c26-19(23-12-6-9-17(23)21(28)29)10-2-1-5-11-24-20(27)18-13-15-7-3-4-8-16(15)14-25(18)22(24)30/h3-4,7-8,17-18H,1-2,5-6,9-14H2,(H,28,29)/t17-,18+/m1/s1. The van der Waals surface area contributed by atoms with E-state index in [1.54, 1.807) is 4.90 Å². The van der Waals surface area contributed by atoms with Gasteiger partial charge in [0, 0.05) is 32.5 Å². The highest BCUT2D eigenvalue weighted by molar-refractivity contribution is 6.04. The average Bonchev–Trinajstić information content (AvgIpc) is 3.32. The topological polar surface area (TPSA) is 98.2 Å². The number of likely N-dealkylation sites (tertiary alicyclic amines) is 1.